The molecule has 5 nitrogen and oxygen atoms in total. The van der Waals surface area contributed by atoms with E-state index in [0.717, 1.165) is 19.4 Å². The molecule has 0 rings (SSSR count). The predicted octanol–water partition coefficient (Wildman–Crippen LogP) is -1.45. The zero-order valence-corrected chi connectivity index (χ0v) is 7.83. The van der Waals surface area contributed by atoms with Crippen molar-refractivity contribution in [1.29, 1.82) is 0 Å². The van der Waals surface area contributed by atoms with Crippen molar-refractivity contribution in [2.45, 2.75) is 25.3 Å². The number of aliphatic hydroxyl groups excluding tert-OH is 1. The van der Waals surface area contributed by atoms with Crippen molar-refractivity contribution < 1.29 is 9.90 Å². The molecule has 0 aromatic carbocycles. The van der Waals surface area contributed by atoms with Crippen LogP contribution in [0.5, 0.6) is 0 Å². The van der Waals surface area contributed by atoms with Gasteiger partial charge in [-0.15, -0.1) is 0 Å². The first-order valence-electron chi connectivity index (χ1n) is 4.53. The Balaban J connectivity index is 3.42. The number of carbonyl (C=O) groups excluding carboxylic acids is 1. The number of amides is 1. The molecule has 0 aliphatic carbocycles. The molecule has 1 atom stereocenters. The molecule has 0 spiro atoms. The first-order valence-corrected chi connectivity index (χ1v) is 4.53. The fourth-order valence-corrected chi connectivity index (χ4v) is 1.02. The van der Waals surface area contributed by atoms with Crippen molar-refractivity contribution in [3.63, 3.8) is 0 Å². The summed E-state index contributed by atoms with van der Waals surface area (Å²) < 4.78 is 0. The Morgan fingerprint density at radius 1 is 1.46 bits per heavy atom. The molecule has 1 amide bonds. The number of aliphatic hydroxyl groups is 1. The van der Waals surface area contributed by atoms with Gasteiger partial charge in [0.15, 0.2) is 0 Å². The van der Waals surface area contributed by atoms with E-state index < -0.39 is 0 Å². The minimum absolute atomic E-state index is 0.0313. The highest BCUT2D eigenvalue weighted by Gasteiger charge is 2.07. The number of nitrogens with two attached hydrogens (primary N) is 2. The van der Waals surface area contributed by atoms with Crippen LogP contribution in [-0.4, -0.2) is 36.8 Å². The minimum atomic E-state index is -0.342. The maximum atomic E-state index is 10.5. The van der Waals surface area contributed by atoms with Crippen LogP contribution in [0.1, 0.15) is 19.3 Å². The number of hydrogen-bond acceptors (Lipinski definition) is 4. The van der Waals surface area contributed by atoms with Crippen LogP contribution in [0.2, 0.25) is 0 Å². The molecule has 78 valence electrons. The van der Waals surface area contributed by atoms with E-state index in [2.05, 4.69) is 5.32 Å². The molecule has 0 saturated carbocycles. The Kier molecular flexibility index (Phi) is 7.57. The predicted molar refractivity (Wildman–Crippen MR) is 51.0 cm³/mol. The molecule has 0 heterocycles. The van der Waals surface area contributed by atoms with Crippen molar-refractivity contribution in [2.24, 2.45) is 11.5 Å². The van der Waals surface area contributed by atoms with Crippen molar-refractivity contribution in [2.75, 3.05) is 19.7 Å². The van der Waals surface area contributed by atoms with Crippen molar-refractivity contribution >= 4 is 5.91 Å². The van der Waals surface area contributed by atoms with E-state index in [1.165, 1.54) is 0 Å². The fourth-order valence-electron chi connectivity index (χ4n) is 1.02. The van der Waals surface area contributed by atoms with E-state index >= 15 is 0 Å². The third-order valence-electron chi connectivity index (χ3n) is 1.75. The third-order valence-corrected chi connectivity index (χ3v) is 1.75. The fraction of sp³-hybridized carbons (Fsp3) is 0.875. The third kappa shape index (κ3) is 7.70. The molecule has 6 N–H and O–H groups in total. The van der Waals surface area contributed by atoms with Gasteiger partial charge < -0.3 is 21.9 Å². The summed E-state index contributed by atoms with van der Waals surface area (Å²) in [6, 6.07) is -0.0313. The van der Waals surface area contributed by atoms with Gasteiger partial charge in [0, 0.05) is 25.6 Å². The van der Waals surface area contributed by atoms with Crippen LogP contribution in [0, 0.1) is 0 Å². The molecular formula is C8H19N3O2. The highest BCUT2D eigenvalue weighted by molar-refractivity contribution is 5.74. The lowest BCUT2D eigenvalue weighted by molar-refractivity contribution is -0.118. The van der Waals surface area contributed by atoms with Gasteiger partial charge >= 0.3 is 0 Å². The molecule has 13 heavy (non-hydrogen) atoms. The Labute approximate surface area is 78.5 Å². The SMILES string of the molecule is NCC(CC(N)=O)NCCCCO. The van der Waals surface area contributed by atoms with E-state index in [1.807, 2.05) is 0 Å². The molecule has 0 saturated heterocycles. The van der Waals surface area contributed by atoms with Gasteiger partial charge in [0.2, 0.25) is 5.91 Å². The highest BCUT2D eigenvalue weighted by atomic mass is 16.2. The maximum absolute atomic E-state index is 10.5. The van der Waals surface area contributed by atoms with Gasteiger partial charge in [-0.05, 0) is 19.4 Å². The van der Waals surface area contributed by atoms with Gasteiger partial charge in [-0.1, -0.05) is 0 Å². The Hall–Kier alpha value is -0.650. The molecule has 0 aromatic rings. The summed E-state index contributed by atoms with van der Waals surface area (Å²) in [4.78, 5) is 10.5. The van der Waals surface area contributed by atoms with E-state index in [0.29, 0.717) is 6.54 Å². The Morgan fingerprint density at radius 3 is 2.62 bits per heavy atom. The van der Waals surface area contributed by atoms with Gasteiger partial charge in [-0.2, -0.15) is 0 Å². The van der Waals surface area contributed by atoms with Crippen LogP contribution in [0.3, 0.4) is 0 Å². The Morgan fingerprint density at radius 2 is 2.15 bits per heavy atom. The number of nitrogens with one attached hydrogen (secondary N) is 1. The van der Waals surface area contributed by atoms with Gasteiger partial charge in [0.05, 0.1) is 0 Å². The van der Waals surface area contributed by atoms with Gasteiger partial charge in [0.1, 0.15) is 0 Å². The monoisotopic (exact) mass is 189 g/mol. The molecule has 0 radical (unpaired) electrons. The van der Waals surface area contributed by atoms with Crippen LogP contribution in [0.25, 0.3) is 0 Å². The number of primary amides is 1. The number of hydrogen-bond donors (Lipinski definition) is 4. The van der Waals surface area contributed by atoms with Crippen LogP contribution in [0.15, 0.2) is 0 Å². The average Bonchev–Trinajstić information content (AvgIpc) is 2.09. The van der Waals surface area contributed by atoms with E-state index in [1.54, 1.807) is 0 Å². The van der Waals surface area contributed by atoms with Crippen molar-refractivity contribution in [3.8, 4) is 0 Å². The van der Waals surface area contributed by atoms with E-state index in [-0.39, 0.29) is 25.0 Å². The summed E-state index contributed by atoms with van der Waals surface area (Å²) in [5.41, 5.74) is 10.4. The lowest BCUT2D eigenvalue weighted by Gasteiger charge is -2.14. The number of rotatable bonds is 8. The highest BCUT2D eigenvalue weighted by Crippen LogP contribution is 1.90. The minimum Gasteiger partial charge on any atom is -0.396 e. The summed E-state index contributed by atoms with van der Waals surface area (Å²) in [5.74, 6) is -0.342. The topological polar surface area (TPSA) is 101 Å². The lowest BCUT2D eigenvalue weighted by Crippen LogP contribution is -2.39. The van der Waals surface area contributed by atoms with Gasteiger partial charge in [-0.25, -0.2) is 0 Å². The maximum Gasteiger partial charge on any atom is 0.219 e. The zero-order valence-electron chi connectivity index (χ0n) is 7.83. The molecule has 0 aromatic heterocycles. The van der Waals surface area contributed by atoms with Crippen LogP contribution in [0.4, 0.5) is 0 Å². The smallest absolute Gasteiger partial charge is 0.219 e. The quantitative estimate of drug-likeness (QED) is 0.351. The van der Waals surface area contributed by atoms with Crippen LogP contribution in [-0.2, 0) is 4.79 Å². The van der Waals surface area contributed by atoms with E-state index in [9.17, 15) is 4.79 Å². The summed E-state index contributed by atoms with van der Waals surface area (Å²) in [5, 5.41) is 11.6. The van der Waals surface area contributed by atoms with Gasteiger partial charge in [-0.3, -0.25) is 4.79 Å². The molecule has 0 aliphatic heterocycles. The number of unbranched alkanes of at least 4 members (excludes halogenated alkanes) is 1. The Bertz CT molecular complexity index is 141. The molecule has 0 fully saturated rings. The molecule has 0 bridgehead atoms. The summed E-state index contributed by atoms with van der Waals surface area (Å²) in [6.07, 6.45) is 1.92. The van der Waals surface area contributed by atoms with Crippen LogP contribution >= 0.6 is 0 Å². The summed E-state index contributed by atoms with van der Waals surface area (Å²) in [7, 11) is 0. The molecular weight excluding hydrogens is 170 g/mol. The summed E-state index contributed by atoms with van der Waals surface area (Å²) >= 11 is 0. The van der Waals surface area contributed by atoms with Crippen molar-refractivity contribution in [1.82, 2.24) is 5.32 Å². The molecule has 1 unspecified atom stereocenters. The van der Waals surface area contributed by atoms with Crippen LogP contribution < -0.4 is 16.8 Å². The zero-order chi connectivity index (χ0) is 10.1. The second-order valence-corrected chi connectivity index (χ2v) is 2.99. The van der Waals surface area contributed by atoms with Gasteiger partial charge in [0.25, 0.3) is 0 Å². The van der Waals surface area contributed by atoms with E-state index in [4.69, 9.17) is 16.6 Å². The van der Waals surface area contributed by atoms with Crippen molar-refractivity contribution in [3.05, 3.63) is 0 Å². The summed E-state index contributed by atoms with van der Waals surface area (Å²) in [6.45, 7) is 1.36. The number of carbonyl (C=O) groups is 1. The largest absolute Gasteiger partial charge is 0.396 e. The first-order chi connectivity index (χ1) is 6.20. The second-order valence-electron chi connectivity index (χ2n) is 2.99. The molecule has 5 heteroatoms. The lowest BCUT2D eigenvalue weighted by atomic mass is 10.2. The first kappa shape index (κ1) is 12.3. The normalized spacial score (nSPS) is 12.8. The second kappa shape index (κ2) is 7.97. The molecule has 0 aliphatic rings. The standard InChI is InChI=1S/C8H19N3O2/c9-6-7(5-8(10)13)11-3-1-2-4-12/h7,11-12H,1-6,9H2,(H2,10,13). The average molecular weight is 189 g/mol.